The molecular formula is C20H21N3O5. The number of hydrogen-bond donors (Lipinski definition) is 0. The van der Waals surface area contributed by atoms with Gasteiger partial charge in [-0.05, 0) is 37.1 Å². The molecule has 0 saturated carbocycles. The number of esters is 1. The van der Waals surface area contributed by atoms with Gasteiger partial charge in [0.2, 0.25) is 0 Å². The van der Waals surface area contributed by atoms with E-state index in [0.29, 0.717) is 12.2 Å². The summed E-state index contributed by atoms with van der Waals surface area (Å²) in [5.74, 6) is -1.10. The number of nitrogens with zero attached hydrogens (tertiary/aromatic N) is 3. The van der Waals surface area contributed by atoms with Gasteiger partial charge in [0.25, 0.3) is 11.6 Å². The Kier molecular flexibility index (Phi) is 5.30. The quantitative estimate of drug-likeness (QED) is 0.448. The van der Waals surface area contributed by atoms with Crippen molar-refractivity contribution in [3.05, 3.63) is 63.7 Å². The molecule has 1 amide bonds. The first-order chi connectivity index (χ1) is 13.3. The minimum atomic E-state index is -1.01. The van der Waals surface area contributed by atoms with Gasteiger partial charge in [0, 0.05) is 32.4 Å². The molecule has 0 fully saturated rings. The second-order valence-electron chi connectivity index (χ2n) is 6.77. The van der Waals surface area contributed by atoms with E-state index in [1.165, 1.54) is 25.1 Å². The molecule has 146 valence electrons. The Labute approximate surface area is 162 Å². The zero-order chi connectivity index (χ0) is 20.4. The van der Waals surface area contributed by atoms with Crippen LogP contribution >= 0.6 is 0 Å². The fraction of sp³-hybridized carbons (Fsp3) is 0.300. The Balaban J connectivity index is 1.75. The summed E-state index contributed by atoms with van der Waals surface area (Å²) in [7, 11) is 3.35. The zero-order valence-corrected chi connectivity index (χ0v) is 15.9. The lowest BCUT2D eigenvalue weighted by Gasteiger charge is -2.21. The monoisotopic (exact) mass is 383 g/mol. The molecule has 1 aliphatic rings. The van der Waals surface area contributed by atoms with Crippen molar-refractivity contribution in [2.45, 2.75) is 19.4 Å². The topological polar surface area (TPSA) is 93.0 Å². The largest absolute Gasteiger partial charge is 0.449 e. The molecule has 8 nitrogen and oxygen atoms in total. The van der Waals surface area contributed by atoms with E-state index in [9.17, 15) is 19.7 Å². The van der Waals surface area contributed by atoms with Crippen LogP contribution < -0.4 is 9.80 Å². The molecule has 8 heteroatoms. The van der Waals surface area contributed by atoms with Crippen molar-refractivity contribution < 1.29 is 19.2 Å². The molecule has 0 radical (unpaired) electrons. The number of carbonyl (C=O) groups is 2. The van der Waals surface area contributed by atoms with Crippen LogP contribution in [0.3, 0.4) is 0 Å². The predicted octanol–water partition coefficient (Wildman–Crippen LogP) is 2.80. The summed E-state index contributed by atoms with van der Waals surface area (Å²) >= 11 is 0. The number of amides is 1. The lowest BCUT2D eigenvalue weighted by Crippen LogP contribution is -2.39. The normalized spacial score (nSPS) is 13.6. The fourth-order valence-electron chi connectivity index (χ4n) is 3.24. The van der Waals surface area contributed by atoms with Gasteiger partial charge in [0.05, 0.1) is 10.5 Å². The van der Waals surface area contributed by atoms with E-state index in [0.717, 1.165) is 17.7 Å². The number of anilines is 2. The van der Waals surface area contributed by atoms with Gasteiger partial charge in [-0.25, -0.2) is 4.79 Å². The van der Waals surface area contributed by atoms with Crippen LogP contribution in [-0.2, 0) is 16.0 Å². The highest BCUT2D eigenvalue weighted by Crippen LogP contribution is 2.30. The Bertz CT molecular complexity index is 941. The van der Waals surface area contributed by atoms with Crippen LogP contribution in [0, 0.1) is 10.1 Å². The number of carbonyl (C=O) groups excluding carboxylic acids is 2. The van der Waals surface area contributed by atoms with Crippen LogP contribution in [0.5, 0.6) is 0 Å². The molecule has 0 N–H and O–H groups in total. The number of nitro benzene ring substituents is 1. The first-order valence-electron chi connectivity index (χ1n) is 8.85. The zero-order valence-electron chi connectivity index (χ0n) is 15.9. The third-order valence-electron chi connectivity index (χ3n) is 4.67. The summed E-state index contributed by atoms with van der Waals surface area (Å²) in [4.78, 5) is 39.1. The minimum Gasteiger partial charge on any atom is -0.449 e. The average Bonchev–Trinajstić information content (AvgIpc) is 3.10. The Morgan fingerprint density at radius 3 is 2.61 bits per heavy atom. The number of ether oxygens (including phenoxy) is 1. The third kappa shape index (κ3) is 3.66. The Morgan fingerprint density at radius 2 is 1.93 bits per heavy atom. The molecule has 0 bridgehead atoms. The Hall–Kier alpha value is -3.42. The first-order valence-corrected chi connectivity index (χ1v) is 8.85. The molecule has 0 spiro atoms. The van der Waals surface area contributed by atoms with Crippen molar-refractivity contribution >= 4 is 28.9 Å². The molecule has 2 aromatic rings. The molecule has 0 aromatic heterocycles. The second-order valence-corrected chi connectivity index (χ2v) is 6.77. The maximum atomic E-state index is 12.7. The molecule has 0 unspecified atom stereocenters. The van der Waals surface area contributed by atoms with Crippen molar-refractivity contribution in [1.29, 1.82) is 0 Å². The summed E-state index contributed by atoms with van der Waals surface area (Å²) in [6.45, 7) is 2.03. The fourth-order valence-corrected chi connectivity index (χ4v) is 3.24. The highest BCUT2D eigenvalue weighted by Gasteiger charge is 2.30. The number of nitro groups is 1. The number of hydrogen-bond acceptors (Lipinski definition) is 6. The maximum absolute atomic E-state index is 12.7. The van der Waals surface area contributed by atoms with Crippen LogP contribution in [0.1, 0.15) is 22.8 Å². The number of benzene rings is 2. The molecule has 28 heavy (non-hydrogen) atoms. The lowest BCUT2D eigenvalue weighted by molar-refractivity contribution is -0.384. The summed E-state index contributed by atoms with van der Waals surface area (Å²) in [5, 5.41) is 11.3. The van der Waals surface area contributed by atoms with Crippen LogP contribution in [0.15, 0.2) is 42.5 Å². The molecule has 1 aliphatic heterocycles. The summed E-state index contributed by atoms with van der Waals surface area (Å²) < 4.78 is 5.29. The van der Waals surface area contributed by atoms with Gasteiger partial charge in [-0.1, -0.05) is 18.2 Å². The predicted molar refractivity (Wildman–Crippen MR) is 105 cm³/mol. The van der Waals surface area contributed by atoms with E-state index in [1.807, 2.05) is 24.3 Å². The molecule has 2 aromatic carbocycles. The van der Waals surface area contributed by atoms with E-state index in [2.05, 4.69) is 0 Å². The number of fused-ring (bicyclic) bond motifs is 1. The van der Waals surface area contributed by atoms with Gasteiger partial charge in [0.15, 0.2) is 6.10 Å². The van der Waals surface area contributed by atoms with Crippen LogP contribution in [0.2, 0.25) is 0 Å². The molecule has 0 saturated heterocycles. The summed E-state index contributed by atoms with van der Waals surface area (Å²) in [5.41, 5.74) is 2.09. The Morgan fingerprint density at radius 1 is 1.21 bits per heavy atom. The van der Waals surface area contributed by atoms with E-state index < -0.39 is 17.0 Å². The molecule has 3 rings (SSSR count). The van der Waals surface area contributed by atoms with Crippen molar-refractivity contribution in [1.82, 2.24) is 0 Å². The van der Waals surface area contributed by atoms with Gasteiger partial charge in [-0.2, -0.15) is 0 Å². The van der Waals surface area contributed by atoms with Gasteiger partial charge in [-0.3, -0.25) is 14.9 Å². The van der Waals surface area contributed by atoms with Crippen molar-refractivity contribution in [2.24, 2.45) is 0 Å². The number of rotatable bonds is 5. The van der Waals surface area contributed by atoms with E-state index >= 15 is 0 Å². The van der Waals surface area contributed by atoms with Crippen LogP contribution in [0.25, 0.3) is 0 Å². The highest BCUT2D eigenvalue weighted by molar-refractivity contribution is 6.00. The minimum absolute atomic E-state index is 0.0266. The van der Waals surface area contributed by atoms with Gasteiger partial charge >= 0.3 is 5.97 Å². The smallest absolute Gasteiger partial charge is 0.339 e. The molecule has 1 atom stereocenters. The van der Waals surface area contributed by atoms with E-state index in [1.54, 1.807) is 23.9 Å². The van der Waals surface area contributed by atoms with Gasteiger partial charge < -0.3 is 14.5 Å². The number of para-hydroxylation sites is 1. The molecular weight excluding hydrogens is 362 g/mol. The second kappa shape index (κ2) is 7.67. The first kappa shape index (κ1) is 19.3. The van der Waals surface area contributed by atoms with Gasteiger partial charge in [0.1, 0.15) is 5.69 Å². The SMILES string of the molecule is C[C@@H](OC(=O)c1ccc(N(C)C)c([N+](=O)[O-])c1)C(=O)N1CCc2ccccc21. The average molecular weight is 383 g/mol. The van der Waals surface area contributed by atoms with Crippen LogP contribution in [0.4, 0.5) is 17.1 Å². The standard InChI is InChI=1S/C20H21N3O5/c1-13(19(24)22-11-10-14-6-4-5-7-16(14)22)28-20(25)15-8-9-17(21(2)3)18(12-15)23(26)27/h4-9,12-13H,10-11H2,1-3H3/t13-/m1/s1. The third-order valence-corrected chi connectivity index (χ3v) is 4.67. The molecule has 0 aliphatic carbocycles. The van der Waals surface area contributed by atoms with Crippen molar-refractivity contribution in [2.75, 3.05) is 30.4 Å². The summed E-state index contributed by atoms with van der Waals surface area (Å²) in [6.07, 6.45) is -0.257. The van der Waals surface area contributed by atoms with E-state index in [4.69, 9.17) is 4.74 Å². The lowest BCUT2D eigenvalue weighted by atomic mass is 10.1. The van der Waals surface area contributed by atoms with Crippen molar-refractivity contribution in [3.63, 3.8) is 0 Å². The van der Waals surface area contributed by atoms with Crippen LogP contribution in [-0.4, -0.2) is 43.5 Å². The maximum Gasteiger partial charge on any atom is 0.339 e. The van der Waals surface area contributed by atoms with Crippen molar-refractivity contribution in [3.8, 4) is 0 Å². The molecule has 1 heterocycles. The van der Waals surface area contributed by atoms with Gasteiger partial charge in [-0.15, -0.1) is 0 Å². The van der Waals surface area contributed by atoms with E-state index in [-0.39, 0.29) is 17.2 Å². The highest BCUT2D eigenvalue weighted by atomic mass is 16.6. The summed E-state index contributed by atoms with van der Waals surface area (Å²) in [6, 6.07) is 11.7.